The maximum Gasteiger partial charge on any atom is 0.328 e. The van der Waals surface area contributed by atoms with Gasteiger partial charge in [-0.3, -0.25) is 0 Å². The third kappa shape index (κ3) is 2.84. The first-order valence-corrected chi connectivity index (χ1v) is 5.94. The van der Waals surface area contributed by atoms with Crippen molar-refractivity contribution < 1.29 is 14.6 Å². The molecule has 0 fully saturated rings. The van der Waals surface area contributed by atoms with Gasteiger partial charge in [0, 0.05) is 12.5 Å². The van der Waals surface area contributed by atoms with E-state index in [2.05, 4.69) is 10.3 Å². The number of para-hydroxylation sites is 1. The molecule has 1 heterocycles. The Kier molecular flexibility index (Phi) is 4.13. The van der Waals surface area contributed by atoms with E-state index in [1.807, 2.05) is 24.3 Å². The first-order chi connectivity index (χ1) is 9.65. The van der Waals surface area contributed by atoms with Crippen molar-refractivity contribution in [3.05, 3.63) is 35.9 Å². The number of carbonyl (C=O) groups is 1. The second-order valence-corrected chi connectivity index (χ2v) is 4.18. The number of methoxy groups -OCH3 is 1. The van der Waals surface area contributed by atoms with Crippen LogP contribution in [-0.2, 0) is 9.53 Å². The van der Waals surface area contributed by atoms with Gasteiger partial charge in [0.25, 0.3) is 0 Å². The zero-order valence-corrected chi connectivity index (χ0v) is 10.8. The molecule has 0 aliphatic heterocycles. The summed E-state index contributed by atoms with van der Waals surface area (Å²) in [6.45, 7) is -0.0191. The first kappa shape index (κ1) is 13.8. The van der Waals surface area contributed by atoms with Crippen LogP contribution in [0.5, 0.6) is 0 Å². The predicted octanol–water partition coefficient (Wildman–Crippen LogP) is 1.62. The molecule has 0 saturated heterocycles. The van der Waals surface area contributed by atoms with E-state index in [4.69, 9.17) is 15.1 Å². The summed E-state index contributed by atoms with van der Waals surface area (Å²) >= 11 is 0. The van der Waals surface area contributed by atoms with Crippen LogP contribution in [0.1, 0.15) is 5.56 Å². The number of aromatic nitrogens is 1. The molecular weight excluding hydrogens is 258 g/mol. The average molecular weight is 271 g/mol. The lowest BCUT2D eigenvalue weighted by Gasteiger charge is -2.15. The number of fused-ring (bicyclic) bond motifs is 1. The summed E-state index contributed by atoms with van der Waals surface area (Å²) in [6.07, 6.45) is 0. The number of benzene rings is 1. The number of hydrogen-bond acceptors (Lipinski definition) is 5. The number of anilines is 1. The van der Waals surface area contributed by atoms with Gasteiger partial charge in [-0.1, -0.05) is 18.2 Å². The van der Waals surface area contributed by atoms with Gasteiger partial charge >= 0.3 is 5.97 Å². The van der Waals surface area contributed by atoms with Crippen LogP contribution in [0.4, 0.5) is 5.82 Å². The van der Waals surface area contributed by atoms with E-state index in [9.17, 15) is 4.79 Å². The molecule has 6 nitrogen and oxygen atoms in total. The van der Waals surface area contributed by atoms with E-state index in [0.29, 0.717) is 11.1 Å². The van der Waals surface area contributed by atoms with Crippen LogP contribution in [-0.4, -0.2) is 35.8 Å². The standard InChI is InChI=1S/C14H13N3O3/c1-20-8-12(14(18)19)17-13-10(7-15)6-9-4-2-3-5-11(9)16-13/h2-6,12H,8H2,1H3,(H,16,17)(H,18,19). The van der Waals surface area contributed by atoms with Crippen molar-refractivity contribution in [1.29, 1.82) is 5.26 Å². The van der Waals surface area contributed by atoms with Gasteiger partial charge in [0.1, 0.15) is 17.9 Å². The quantitative estimate of drug-likeness (QED) is 0.858. The van der Waals surface area contributed by atoms with Crippen molar-refractivity contribution >= 4 is 22.7 Å². The highest BCUT2D eigenvalue weighted by Crippen LogP contribution is 2.20. The third-order valence-electron chi connectivity index (χ3n) is 2.79. The number of nitriles is 1. The van der Waals surface area contributed by atoms with Gasteiger partial charge in [-0.15, -0.1) is 0 Å². The van der Waals surface area contributed by atoms with Crippen LogP contribution in [0.25, 0.3) is 10.9 Å². The molecule has 1 aromatic heterocycles. The van der Waals surface area contributed by atoms with Gasteiger partial charge in [0.2, 0.25) is 0 Å². The molecule has 1 aromatic carbocycles. The van der Waals surface area contributed by atoms with E-state index in [-0.39, 0.29) is 12.4 Å². The molecule has 2 N–H and O–H groups in total. The second kappa shape index (κ2) is 5.99. The van der Waals surface area contributed by atoms with Crippen LogP contribution >= 0.6 is 0 Å². The number of nitrogens with zero attached hydrogens (tertiary/aromatic N) is 2. The molecule has 1 atom stereocenters. The summed E-state index contributed by atoms with van der Waals surface area (Å²) in [6, 6.07) is 10.1. The summed E-state index contributed by atoms with van der Waals surface area (Å²) < 4.78 is 4.84. The SMILES string of the molecule is COCC(Nc1nc2ccccc2cc1C#N)C(=O)O. The summed E-state index contributed by atoms with van der Waals surface area (Å²) in [7, 11) is 1.41. The highest BCUT2D eigenvalue weighted by atomic mass is 16.5. The normalized spacial score (nSPS) is 11.8. The van der Waals surface area contributed by atoms with Gasteiger partial charge in [-0.05, 0) is 12.1 Å². The Morgan fingerprint density at radius 1 is 1.55 bits per heavy atom. The lowest BCUT2D eigenvalue weighted by atomic mass is 10.1. The molecule has 0 spiro atoms. The Balaban J connectivity index is 2.42. The number of carboxylic acid groups (broad SMARTS) is 1. The van der Waals surface area contributed by atoms with Gasteiger partial charge < -0.3 is 15.2 Å². The molecule has 2 aromatic rings. The Hall–Kier alpha value is -2.65. The van der Waals surface area contributed by atoms with Crippen molar-refractivity contribution in [3.63, 3.8) is 0 Å². The van der Waals surface area contributed by atoms with E-state index < -0.39 is 12.0 Å². The first-order valence-electron chi connectivity index (χ1n) is 5.94. The van der Waals surface area contributed by atoms with Crippen LogP contribution in [0, 0.1) is 11.3 Å². The lowest BCUT2D eigenvalue weighted by molar-refractivity contribution is -0.139. The number of hydrogen-bond donors (Lipinski definition) is 2. The monoisotopic (exact) mass is 271 g/mol. The third-order valence-corrected chi connectivity index (χ3v) is 2.79. The zero-order chi connectivity index (χ0) is 14.5. The fourth-order valence-corrected chi connectivity index (χ4v) is 1.82. The molecule has 1 unspecified atom stereocenters. The molecule has 0 radical (unpaired) electrons. The maximum absolute atomic E-state index is 11.1. The Labute approximate surface area is 115 Å². The summed E-state index contributed by atoms with van der Waals surface area (Å²) in [5.74, 6) is -0.818. The average Bonchev–Trinajstić information content (AvgIpc) is 2.45. The zero-order valence-electron chi connectivity index (χ0n) is 10.8. The van der Waals surface area contributed by atoms with E-state index >= 15 is 0 Å². The van der Waals surface area contributed by atoms with Crippen LogP contribution in [0.15, 0.2) is 30.3 Å². The summed E-state index contributed by atoms with van der Waals surface area (Å²) in [5, 5.41) is 21.8. The predicted molar refractivity (Wildman–Crippen MR) is 73.4 cm³/mol. The van der Waals surface area contributed by atoms with Crippen LogP contribution in [0.3, 0.4) is 0 Å². The lowest BCUT2D eigenvalue weighted by Crippen LogP contribution is -2.34. The molecular formula is C14H13N3O3. The van der Waals surface area contributed by atoms with Crippen molar-refractivity contribution in [2.24, 2.45) is 0 Å². The van der Waals surface area contributed by atoms with Gasteiger partial charge in [0.15, 0.2) is 0 Å². The fourth-order valence-electron chi connectivity index (χ4n) is 1.82. The molecule has 102 valence electrons. The summed E-state index contributed by atoms with van der Waals surface area (Å²) in [5.41, 5.74) is 0.988. The second-order valence-electron chi connectivity index (χ2n) is 4.18. The number of nitrogens with one attached hydrogen (secondary N) is 1. The van der Waals surface area contributed by atoms with Gasteiger partial charge in [-0.25, -0.2) is 9.78 Å². The molecule has 0 amide bonds. The van der Waals surface area contributed by atoms with E-state index in [0.717, 1.165) is 5.39 Å². The largest absolute Gasteiger partial charge is 0.480 e. The van der Waals surface area contributed by atoms with Crippen molar-refractivity contribution in [3.8, 4) is 6.07 Å². The van der Waals surface area contributed by atoms with E-state index in [1.54, 1.807) is 12.1 Å². The highest BCUT2D eigenvalue weighted by molar-refractivity contribution is 5.84. The minimum absolute atomic E-state index is 0.0191. The molecule has 0 aliphatic carbocycles. The Morgan fingerprint density at radius 2 is 2.30 bits per heavy atom. The van der Waals surface area contributed by atoms with Crippen LogP contribution < -0.4 is 5.32 Å². The smallest absolute Gasteiger partial charge is 0.328 e. The fraction of sp³-hybridized carbons (Fsp3) is 0.214. The number of aliphatic carboxylic acids is 1. The number of rotatable bonds is 5. The van der Waals surface area contributed by atoms with Gasteiger partial charge in [-0.2, -0.15) is 5.26 Å². The van der Waals surface area contributed by atoms with Gasteiger partial charge in [0.05, 0.1) is 17.7 Å². The van der Waals surface area contributed by atoms with E-state index in [1.165, 1.54) is 7.11 Å². The summed E-state index contributed by atoms with van der Waals surface area (Å²) in [4.78, 5) is 15.4. The topological polar surface area (TPSA) is 95.2 Å². The van der Waals surface area contributed by atoms with Crippen molar-refractivity contribution in [2.45, 2.75) is 6.04 Å². The van der Waals surface area contributed by atoms with Crippen molar-refractivity contribution in [2.75, 3.05) is 19.0 Å². The number of ether oxygens (including phenoxy) is 1. The van der Waals surface area contributed by atoms with Crippen molar-refractivity contribution in [1.82, 2.24) is 4.98 Å². The Morgan fingerprint density at radius 3 is 2.95 bits per heavy atom. The highest BCUT2D eigenvalue weighted by Gasteiger charge is 2.19. The molecule has 2 rings (SSSR count). The number of pyridine rings is 1. The molecule has 0 saturated carbocycles. The number of carboxylic acids is 1. The molecule has 0 bridgehead atoms. The molecule has 20 heavy (non-hydrogen) atoms. The molecule has 6 heteroatoms. The minimum Gasteiger partial charge on any atom is -0.480 e. The van der Waals surface area contributed by atoms with Crippen LogP contribution in [0.2, 0.25) is 0 Å². The molecule has 0 aliphatic rings. The minimum atomic E-state index is -1.06. The Bertz CT molecular complexity index is 679. The maximum atomic E-state index is 11.1.